The molecule has 0 aromatic heterocycles. The minimum absolute atomic E-state index is 0.112. The fourth-order valence-corrected chi connectivity index (χ4v) is 3.23. The zero-order chi connectivity index (χ0) is 18.7. The van der Waals surface area contributed by atoms with Crippen LogP contribution in [0.1, 0.15) is 52.8 Å². The van der Waals surface area contributed by atoms with E-state index in [1.54, 1.807) is 18.2 Å². The molecule has 1 aromatic rings. The molecule has 0 saturated carbocycles. The van der Waals surface area contributed by atoms with Gasteiger partial charge in [-0.3, -0.25) is 29.4 Å². The van der Waals surface area contributed by atoms with Gasteiger partial charge in [0.15, 0.2) is 0 Å². The van der Waals surface area contributed by atoms with Gasteiger partial charge in [0, 0.05) is 18.7 Å². The summed E-state index contributed by atoms with van der Waals surface area (Å²) in [7, 11) is 0. The maximum Gasteiger partial charge on any atom is 0.262 e. The summed E-state index contributed by atoms with van der Waals surface area (Å²) in [4.78, 5) is 49.6. The molecule has 1 aromatic carbocycles. The van der Waals surface area contributed by atoms with Gasteiger partial charge in [0.2, 0.25) is 11.8 Å². The molecule has 0 spiro atoms. The highest BCUT2D eigenvalue weighted by Crippen LogP contribution is 2.29. The van der Waals surface area contributed by atoms with Crippen molar-refractivity contribution in [3.63, 3.8) is 0 Å². The summed E-state index contributed by atoms with van der Waals surface area (Å²) in [5.41, 5.74) is 1.33. The molecule has 26 heavy (non-hydrogen) atoms. The number of carbonyl (C=O) groups is 4. The molecule has 7 heteroatoms. The van der Waals surface area contributed by atoms with Crippen LogP contribution in [0.25, 0.3) is 0 Å². The van der Waals surface area contributed by atoms with Crippen LogP contribution in [0.5, 0.6) is 0 Å². The number of hydrogen-bond acceptors (Lipinski definition) is 5. The number of carbonyl (C=O) groups excluding carboxylic acids is 4. The van der Waals surface area contributed by atoms with Crippen molar-refractivity contribution in [2.24, 2.45) is 0 Å². The monoisotopic (exact) mass is 355 g/mol. The molecule has 0 radical (unpaired) electrons. The SMILES string of the molecule is C=CCCCCNc1ccc2c(c1)C(=O)N(C1CCC(=O)NC1=O)C2=O. The summed E-state index contributed by atoms with van der Waals surface area (Å²) in [5, 5.41) is 5.42. The second kappa shape index (κ2) is 7.51. The maximum atomic E-state index is 12.7. The Bertz CT molecular complexity index is 787. The summed E-state index contributed by atoms with van der Waals surface area (Å²) in [6.07, 6.45) is 5.11. The Morgan fingerprint density at radius 3 is 2.65 bits per heavy atom. The minimum atomic E-state index is -0.935. The fraction of sp³-hybridized carbons (Fsp3) is 0.368. The summed E-state index contributed by atoms with van der Waals surface area (Å²) >= 11 is 0. The predicted molar refractivity (Wildman–Crippen MR) is 95.7 cm³/mol. The summed E-state index contributed by atoms with van der Waals surface area (Å²) in [6.45, 7) is 4.44. The first-order valence-corrected chi connectivity index (χ1v) is 8.73. The normalized spacial score (nSPS) is 19.4. The first-order chi connectivity index (χ1) is 12.5. The number of hydrogen-bond donors (Lipinski definition) is 2. The van der Waals surface area contributed by atoms with E-state index in [0.29, 0.717) is 0 Å². The highest BCUT2D eigenvalue weighted by Gasteiger charge is 2.44. The van der Waals surface area contributed by atoms with Gasteiger partial charge in [-0.05, 0) is 43.9 Å². The van der Waals surface area contributed by atoms with Crippen LogP contribution >= 0.6 is 0 Å². The number of unbranched alkanes of at least 4 members (excludes halogenated alkanes) is 2. The molecule has 1 unspecified atom stereocenters. The molecule has 1 fully saturated rings. The van der Waals surface area contributed by atoms with Gasteiger partial charge in [-0.2, -0.15) is 0 Å². The van der Waals surface area contributed by atoms with Gasteiger partial charge in [0.1, 0.15) is 6.04 Å². The highest BCUT2D eigenvalue weighted by molar-refractivity contribution is 6.23. The first-order valence-electron chi connectivity index (χ1n) is 8.73. The van der Waals surface area contributed by atoms with Crippen LogP contribution in [-0.2, 0) is 9.59 Å². The van der Waals surface area contributed by atoms with Crippen molar-refractivity contribution in [1.82, 2.24) is 10.2 Å². The van der Waals surface area contributed by atoms with Gasteiger partial charge >= 0.3 is 0 Å². The van der Waals surface area contributed by atoms with E-state index in [1.165, 1.54) is 0 Å². The summed E-state index contributed by atoms with van der Waals surface area (Å²) in [5.74, 6) is -1.96. The number of rotatable bonds is 7. The van der Waals surface area contributed by atoms with E-state index in [-0.39, 0.29) is 29.9 Å². The largest absolute Gasteiger partial charge is 0.385 e. The Kier molecular flexibility index (Phi) is 5.16. The van der Waals surface area contributed by atoms with Crippen LogP contribution in [0.3, 0.4) is 0 Å². The van der Waals surface area contributed by atoms with Gasteiger partial charge in [-0.1, -0.05) is 6.08 Å². The van der Waals surface area contributed by atoms with Gasteiger partial charge < -0.3 is 5.32 Å². The van der Waals surface area contributed by atoms with E-state index in [9.17, 15) is 19.2 Å². The van der Waals surface area contributed by atoms with Crippen molar-refractivity contribution in [3.8, 4) is 0 Å². The number of nitrogens with zero attached hydrogens (tertiary/aromatic N) is 1. The van der Waals surface area contributed by atoms with E-state index in [4.69, 9.17) is 0 Å². The van der Waals surface area contributed by atoms with Gasteiger partial charge in [0.05, 0.1) is 11.1 Å². The topological polar surface area (TPSA) is 95.6 Å². The number of fused-ring (bicyclic) bond motifs is 1. The third-order valence-electron chi connectivity index (χ3n) is 4.60. The quantitative estimate of drug-likeness (QED) is 0.442. The van der Waals surface area contributed by atoms with Crippen molar-refractivity contribution in [1.29, 1.82) is 0 Å². The maximum absolute atomic E-state index is 12.7. The van der Waals surface area contributed by atoms with Crippen molar-refractivity contribution in [2.45, 2.75) is 38.1 Å². The zero-order valence-electron chi connectivity index (χ0n) is 14.4. The van der Waals surface area contributed by atoms with Crippen LogP contribution < -0.4 is 10.6 Å². The van der Waals surface area contributed by atoms with Crippen molar-refractivity contribution < 1.29 is 19.2 Å². The molecule has 2 N–H and O–H groups in total. The zero-order valence-corrected chi connectivity index (χ0v) is 14.4. The number of piperidine rings is 1. The lowest BCUT2D eigenvalue weighted by molar-refractivity contribution is -0.136. The van der Waals surface area contributed by atoms with Gasteiger partial charge in [0.25, 0.3) is 11.8 Å². The van der Waals surface area contributed by atoms with Crippen LogP contribution in [0.2, 0.25) is 0 Å². The number of amides is 4. The standard InChI is InChI=1S/C19H21N3O4/c1-2-3-4-5-10-20-12-6-7-13-14(11-12)19(26)22(18(13)25)15-8-9-16(23)21-17(15)24/h2,6-7,11,15,20H,1,3-5,8-10H2,(H,21,23,24). The Balaban J connectivity index is 1.72. The summed E-state index contributed by atoms with van der Waals surface area (Å²) in [6, 6.07) is 4.07. The molecule has 136 valence electrons. The van der Waals surface area contributed by atoms with Crippen molar-refractivity contribution >= 4 is 29.3 Å². The number of nitrogens with one attached hydrogen (secondary N) is 2. The molecule has 4 amide bonds. The van der Waals surface area contributed by atoms with Crippen LogP contribution in [-0.4, -0.2) is 41.1 Å². The number of allylic oxidation sites excluding steroid dienone is 1. The minimum Gasteiger partial charge on any atom is -0.385 e. The molecule has 3 rings (SSSR count). The van der Waals surface area contributed by atoms with E-state index < -0.39 is 23.8 Å². The fourth-order valence-electron chi connectivity index (χ4n) is 3.23. The Hall–Kier alpha value is -2.96. The summed E-state index contributed by atoms with van der Waals surface area (Å²) < 4.78 is 0. The lowest BCUT2D eigenvalue weighted by Gasteiger charge is -2.27. The molecule has 0 aliphatic carbocycles. The Morgan fingerprint density at radius 1 is 1.15 bits per heavy atom. The highest BCUT2D eigenvalue weighted by atomic mass is 16.2. The van der Waals surface area contributed by atoms with Crippen LogP contribution in [0.15, 0.2) is 30.9 Å². The lowest BCUT2D eigenvalue weighted by atomic mass is 10.0. The van der Waals surface area contributed by atoms with E-state index in [2.05, 4.69) is 17.2 Å². The molecule has 1 atom stereocenters. The average Bonchev–Trinajstić information content (AvgIpc) is 2.86. The predicted octanol–water partition coefficient (Wildman–Crippen LogP) is 1.86. The third-order valence-corrected chi connectivity index (χ3v) is 4.60. The van der Waals surface area contributed by atoms with Crippen molar-refractivity contribution in [2.75, 3.05) is 11.9 Å². The smallest absolute Gasteiger partial charge is 0.262 e. The van der Waals surface area contributed by atoms with E-state index >= 15 is 0 Å². The average molecular weight is 355 g/mol. The van der Waals surface area contributed by atoms with Crippen LogP contribution in [0, 0.1) is 0 Å². The lowest BCUT2D eigenvalue weighted by Crippen LogP contribution is -2.54. The number of anilines is 1. The molecule has 2 aliphatic rings. The Labute approximate surface area is 151 Å². The molecular weight excluding hydrogens is 334 g/mol. The van der Waals surface area contributed by atoms with Gasteiger partial charge in [-0.15, -0.1) is 6.58 Å². The molecule has 0 bridgehead atoms. The van der Waals surface area contributed by atoms with E-state index in [0.717, 1.165) is 36.4 Å². The molecule has 7 nitrogen and oxygen atoms in total. The molecule has 1 saturated heterocycles. The molecule has 2 aliphatic heterocycles. The molecular formula is C19H21N3O4. The Morgan fingerprint density at radius 2 is 1.92 bits per heavy atom. The van der Waals surface area contributed by atoms with Crippen LogP contribution in [0.4, 0.5) is 5.69 Å². The van der Waals surface area contributed by atoms with E-state index in [1.807, 2.05) is 6.08 Å². The van der Waals surface area contributed by atoms with Gasteiger partial charge in [-0.25, -0.2) is 0 Å². The first kappa shape index (κ1) is 17.8. The second-order valence-corrected chi connectivity index (χ2v) is 6.42. The second-order valence-electron chi connectivity index (χ2n) is 6.42. The number of benzene rings is 1. The molecule has 2 heterocycles. The third kappa shape index (κ3) is 3.37. The number of imide groups is 2. The van der Waals surface area contributed by atoms with Crippen molar-refractivity contribution in [3.05, 3.63) is 42.0 Å².